The Morgan fingerprint density at radius 2 is 2.19 bits per heavy atom. The smallest absolute Gasteiger partial charge is 0.192 e. The van der Waals surface area contributed by atoms with Crippen LogP contribution < -0.4 is 5.43 Å². The van der Waals surface area contributed by atoms with Crippen LogP contribution in [-0.2, 0) is 4.79 Å². The molecule has 1 aromatic heterocycles. The summed E-state index contributed by atoms with van der Waals surface area (Å²) >= 11 is 0. The number of hydrogen-bond donors (Lipinski definition) is 0. The molecule has 2 rings (SSSR count). The summed E-state index contributed by atoms with van der Waals surface area (Å²) in [6, 6.07) is 6.86. The van der Waals surface area contributed by atoms with E-state index in [0.717, 1.165) is 11.8 Å². The molecule has 3 nitrogen and oxygen atoms in total. The number of carbonyl (C=O) groups is 1. The summed E-state index contributed by atoms with van der Waals surface area (Å²) in [5, 5.41) is 0.567. The van der Waals surface area contributed by atoms with Crippen LogP contribution in [0.5, 0.6) is 0 Å². The standard InChI is InChI=1S/C13H12O3/c1-9(4-6-14)10-2-3-13-11(8-10)12(15)5-7-16-13/h2-3,5-9H,4H2,1H3. The molecule has 82 valence electrons. The third-order valence-electron chi connectivity index (χ3n) is 2.70. The molecule has 16 heavy (non-hydrogen) atoms. The van der Waals surface area contributed by atoms with Gasteiger partial charge in [-0.15, -0.1) is 0 Å². The van der Waals surface area contributed by atoms with Crippen LogP contribution in [0.25, 0.3) is 11.0 Å². The van der Waals surface area contributed by atoms with Gasteiger partial charge in [0.15, 0.2) is 5.43 Å². The van der Waals surface area contributed by atoms with Crippen molar-refractivity contribution in [1.29, 1.82) is 0 Å². The van der Waals surface area contributed by atoms with Crippen molar-refractivity contribution in [1.82, 2.24) is 0 Å². The fourth-order valence-corrected chi connectivity index (χ4v) is 1.69. The van der Waals surface area contributed by atoms with E-state index in [2.05, 4.69) is 0 Å². The summed E-state index contributed by atoms with van der Waals surface area (Å²) in [5.74, 6) is 0.126. The lowest BCUT2D eigenvalue weighted by atomic mass is 9.97. The van der Waals surface area contributed by atoms with Crippen LogP contribution in [0.2, 0.25) is 0 Å². The molecule has 0 radical (unpaired) electrons. The molecule has 0 amide bonds. The fourth-order valence-electron chi connectivity index (χ4n) is 1.69. The Morgan fingerprint density at radius 3 is 2.94 bits per heavy atom. The van der Waals surface area contributed by atoms with Crippen LogP contribution in [0.3, 0.4) is 0 Å². The number of rotatable bonds is 3. The maximum Gasteiger partial charge on any atom is 0.192 e. The molecule has 2 aromatic rings. The summed E-state index contributed by atoms with van der Waals surface area (Å²) in [6.45, 7) is 1.96. The van der Waals surface area contributed by atoms with Crippen LogP contribution in [0.15, 0.2) is 39.7 Å². The topological polar surface area (TPSA) is 47.3 Å². The lowest BCUT2D eigenvalue weighted by Crippen LogP contribution is -2.00. The number of fused-ring (bicyclic) bond motifs is 1. The van der Waals surface area contributed by atoms with Gasteiger partial charge in [0.1, 0.15) is 11.9 Å². The maximum absolute atomic E-state index is 11.6. The van der Waals surface area contributed by atoms with E-state index in [4.69, 9.17) is 4.42 Å². The SMILES string of the molecule is CC(CC=O)c1ccc2occc(=O)c2c1. The molecule has 0 bridgehead atoms. The van der Waals surface area contributed by atoms with Crippen molar-refractivity contribution < 1.29 is 9.21 Å². The van der Waals surface area contributed by atoms with Gasteiger partial charge in [-0.1, -0.05) is 13.0 Å². The molecular weight excluding hydrogens is 204 g/mol. The zero-order valence-corrected chi connectivity index (χ0v) is 8.97. The molecule has 1 atom stereocenters. The number of aldehydes is 1. The Kier molecular flexibility index (Phi) is 2.86. The normalized spacial score (nSPS) is 12.6. The minimum Gasteiger partial charge on any atom is -0.464 e. The van der Waals surface area contributed by atoms with Crippen molar-refractivity contribution in [2.24, 2.45) is 0 Å². The van der Waals surface area contributed by atoms with Gasteiger partial charge in [0.2, 0.25) is 0 Å². The molecule has 0 aliphatic heterocycles. The van der Waals surface area contributed by atoms with Gasteiger partial charge in [0, 0.05) is 12.5 Å². The molecule has 0 saturated carbocycles. The first-order chi connectivity index (χ1) is 7.72. The summed E-state index contributed by atoms with van der Waals surface area (Å²) in [4.78, 5) is 22.0. The Hall–Kier alpha value is -1.90. The average Bonchev–Trinajstić information content (AvgIpc) is 2.29. The second kappa shape index (κ2) is 4.31. The molecule has 0 saturated heterocycles. The van der Waals surface area contributed by atoms with Gasteiger partial charge in [-0.25, -0.2) is 0 Å². The zero-order valence-electron chi connectivity index (χ0n) is 8.97. The number of hydrogen-bond acceptors (Lipinski definition) is 3. The Balaban J connectivity index is 2.55. The van der Waals surface area contributed by atoms with Crippen molar-refractivity contribution in [3.8, 4) is 0 Å². The lowest BCUT2D eigenvalue weighted by Gasteiger charge is -2.08. The molecule has 1 aromatic carbocycles. The molecule has 0 fully saturated rings. The molecule has 3 heteroatoms. The fraction of sp³-hybridized carbons (Fsp3) is 0.231. The van der Waals surface area contributed by atoms with Crippen molar-refractivity contribution in [3.05, 3.63) is 46.3 Å². The van der Waals surface area contributed by atoms with E-state index in [0.29, 0.717) is 17.4 Å². The molecule has 1 heterocycles. The average molecular weight is 216 g/mol. The van der Waals surface area contributed by atoms with Crippen molar-refractivity contribution in [2.45, 2.75) is 19.3 Å². The quantitative estimate of drug-likeness (QED) is 0.740. The number of benzene rings is 1. The molecule has 0 spiro atoms. The highest BCUT2D eigenvalue weighted by Crippen LogP contribution is 2.21. The van der Waals surface area contributed by atoms with E-state index in [9.17, 15) is 9.59 Å². The summed E-state index contributed by atoms with van der Waals surface area (Å²) in [6.07, 6.45) is 2.74. The second-order valence-corrected chi connectivity index (χ2v) is 3.84. The largest absolute Gasteiger partial charge is 0.464 e. The third-order valence-corrected chi connectivity index (χ3v) is 2.70. The van der Waals surface area contributed by atoms with E-state index in [1.807, 2.05) is 13.0 Å². The van der Waals surface area contributed by atoms with E-state index in [1.54, 1.807) is 12.1 Å². The predicted octanol–water partition coefficient (Wildman–Crippen LogP) is 2.49. The van der Waals surface area contributed by atoms with Crippen molar-refractivity contribution >= 4 is 17.3 Å². The van der Waals surface area contributed by atoms with Crippen LogP contribution >= 0.6 is 0 Å². The first-order valence-electron chi connectivity index (χ1n) is 5.17. The first-order valence-corrected chi connectivity index (χ1v) is 5.17. The van der Waals surface area contributed by atoms with E-state index >= 15 is 0 Å². The highest BCUT2D eigenvalue weighted by Gasteiger charge is 2.07. The van der Waals surface area contributed by atoms with E-state index in [1.165, 1.54) is 12.3 Å². The molecule has 0 N–H and O–H groups in total. The van der Waals surface area contributed by atoms with Gasteiger partial charge in [-0.3, -0.25) is 4.79 Å². The molecule has 0 aliphatic carbocycles. The van der Waals surface area contributed by atoms with Gasteiger partial charge in [0.05, 0.1) is 11.6 Å². The van der Waals surface area contributed by atoms with Crippen molar-refractivity contribution in [2.75, 3.05) is 0 Å². The van der Waals surface area contributed by atoms with E-state index in [-0.39, 0.29) is 11.3 Å². The summed E-state index contributed by atoms with van der Waals surface area (Å²) in [7, 11) is 0. The predicted molar refractivity (Wildman–Crippen MR) is 61.6 cm³/mol. The number of carbonyl (C=O) groups excluding carboxylic acids is 1. The lowest BCUT2D eigenvalue weighted by molar-refractivity contribution is -0.108. The molecule has 1 unspecified atom stereocenters. The summed E-state index contributed by atoms with van der Waals surface area (Å²) < 4.78 is 5.22. The van der Waals surface area contributed by atoms with Gasteiger partial charge in [-0.05, 0) is 23.6 Å². The minimum absolute atomic E-state index is 0.0543. The minimum atomic E-state index is -0.0543. The zero-order chi connectivity index (χ0) is 11.5. The second-order valence-electron chi connectivity index (χ2n) is 3.84. The summed E-state index contributed by atoms with van der Waals surface area (Å²) in [5.41, 5.74) is 1.51. The highest BCUT2D eigenvalue weighted by atomic mass is 16.3. The van der Waals surface area contributed by atoms with Gasteiger partial charge in [0.25, 0.3) is 0 Å². The van der Waals surface area contributed by atoms with Crippen LogP contribution in [0, 0.1) is 0 Å². The van der Waals surface area contributed by atoms with E-state index < -0.39 is 0 Å². The monoisotopic (exact) mass is 216 g/mol. The Labute approximate surface area is 92.7 Å². The van der Waals surface area contributed by atoms with Gasteiger partial charge < -0.3 is 9.21 Å². The Morgan fingerprint density at radius 1 is 1.38 bits per heavy atom. The van der Waals surface area contributed by atoms with Crippen LogP contribution in [0.1, 0.15) is 24.8 Å². The highest BCUT2D eigenvalue weighted by molar-refractivity contribution is 5.77. The van der Waals surface area contributed by atoms with Gasteiger partial charge >= 0.3 is 0 Å². The van der Waals surface area contributed by atoms with Crippen molar-refractivity contribution in [3.63, 3.8) is 0 Å². The van der Waals surface area contributed by atoms with Crippen LogP contribution in [0.4, 0.5) is 0 Å². The molecular formula is C13H12O3. The third kappa shape index (κ3) is 1.89. The molecule has 0 aliphatic rings. The first kappa shape index (κ1) is 10.6. The Bertz CT molecular complexity index is 569. The van der Waals surface area contributed by atoms with Gasteiger partial charge in [-0.2, -0.15) is 0 Å². The maximum atomic E-state index is 11.6. The van der Waals surface area contributed by atoms with Crippen LogP contribution in [-0.4, -0.2) is 6.29 Å².